The van der Waals surface area contributed by atoms with Crippen LogP contribution in [0, 0.1) is 0 Å². The molecule has 0 saturated heterocycles. The highest BCUT2D eigenvalue weighted by Gasteiger charge is 2.34. The van der Waals surface area contributed by atoms with Crippen molar-refractivity contribution in [3.8, 4) is 22.3 Å². The van der Waals surface area contributed by atoms with Crippen molar-refractivity contribution in [1.82, 2.24) is 0 Å². The van der Waals surface area contributed by atoms with Crippen molar-refractivity contribution in [3.05, 3.63) is 120 Å². The molecule has 1 aliphatic carbocycles. The van der Waals surface area contributed by atoms with E-state index in [1.54, 1.807) is 0 Å². The molecular weight excluding hydrogens is 436 g/mol. The lowest BCUT2D eigenvalue weighted by Gasteiger charge is -2.35. The van der Waals surface area contributed by atoms with Crippen molar-refractivity contribution in [3.63, 3.8) is 0 Å². The van der Waals surface area contributed by atoms with Gasteiger partial charge in [-0.2, -0.15) is 0 Å². The molecular formula is C35H24O. The van der Waals surface area contributed by atoms with Crippen molar-refractivity contribution in [2.24, 2.45) is 0 Å². The maximum atomic E-state index is 6.77. The Balaban J connectivity index is 1.60. The van der Waals surface area contributed by atoms with Gasteiger partial charge in [0.25, 0.3) is 0 Å². The average Bonchev–Trinajstić information content (AvgIpc) is 3.06. The molecule has 0 amide bonds. The predicted molar refractivity (Wildman–Crippen MR) is 152 cm³/mol. The summed E-state index contributed by atoms with van der Waals surface area (Å²) < 4.78 is 6.77. The highest BCUT2D eigenvalue weighted by atomic mass is 16.3. The van der Waals surface area contributed by atoms with Crippen molar-refractivity contribution in [1.29, 1.82) is 0 Å². The molecule has 0 fully saturated rings. The fourth-order valence-corrected chi connectivity index (χ4v) is 6.60. The molecule has 7 aromatic rings. The molecule has 6 aromatic carbocycles. The Bertz CT molecular complexity index is 2000. The van der Waals surface area contributed by atoms with E-state index >= 15 is 0 Å². The van der Waals surface area contributed by atoms with Crippen LogP contribution >= 0.6 is 0 Å². The second-order valence-corrected chi connectivity index (χ2v) is 10.5. The van der Waals surface area contributed by atoms with E-state index in [1.807, 2.05) is 0 Å². The van der Waals surface area contributed by atoms with Crippen LogP contribution < -0.4 is 0 Å². The lowest BCUT2D eigenvalue weighted by atomic mass is 9.68. The van der Waals surface area contributed by atoms with Gasteiger partial charge in [0.15, 0.2) is 0 Å². The minimum Gasteiger partial charge on any atom is -0.456 e. The Morgan fingerprint density at radius 1 is 0.444 bits per heavy atom. The Hall–Kier alpha value is -4.36. The van der Waals surface area contributed by atoms with Crippen molar-refractivity contribution in [2.75, 3.05) is 0 Å². The van der Waals surface area contributed by atoms with E-state index < -0.39 is 0 Å². The average molecular weight is 461 g/mol. The third kappa shape index (κ3) is 2.45. The first-order valence-corrected chi connectivity index (χ1v) is 12.6. The van der Waals surface area contributed by atoms with E-state index in [2.05, 4.69) is 123 Å². The summed E-state index contributed by atoms with van der Waals surface area (Å²) in [4.78, 5) is 0. The van der Waals surface area contributed by atoms with Gasteiger partial charge in [-0.15, -0.1) is 0 Å². The van der Waals surface area contributed by atoms with Gasteiger partial charge in [-0.25, -0.2) is 0 Å². The van der Waals surface area contributed by atoms with Crippen molar-refractivity contribution >= 4 is 43.5 Å². The van der Waals surface area contributed by atoms with Gasteiger partial charge in [0.05, 0.1) is 0 Å². The second kappa shape index (κ2) is 6.86. The van der Waals surface area contributed by atoms with Gasteiger partial charge in [0.1, 0.15) is 11.2 Å². The molecule has 8 rings (SSSR count). The Morgan fingerprint density at radius 3 is 2.00 bits per heavy atom. The maximum Gasteiger partial charge on any atom is 0.135 e. The van der Waals surface area contributed by atoms with Crippen LogP contribution in [0.2, 0.25) is 0 Å². The third-order valence-electron chi connectivity index (χ3n) is 8.28. The van der Waals surface area contributed by atoms with Crippen LogP contribution in [-0.4, -0.2) is 0 Å². The van der Waals surface area contributed by atoms with E-state index in [0.717, 1.165) is 11.2 Å². The highest BCUT2D eigenvalue weighted by Crippen LogP contribution is 2.51. The zero-order valence-electron chi connectivity index (χ0n) is 20.3. The highest BCUT2D eigenvalue weighted by molar-refractivity contribution is 6.27. The molecule has 0 saturated carbocycles. The van der Waals surface area contributed by atoms with Gasteiger partial charge in [-0.05, 0) is 67.1 Å². The fourth-order valence-electron chi connectivity index (χ4n) is 6.60. The Labute approximate surface area is 209 Å². The molecule has 0 atom stereocenters. The largest absolute Gasteiger partial charge is 0.456 e. The summed E-state index contributed by atoms with van der Waals surface area (Å²) in [5.41, 5.74) is 9.59. The molecule has 1 aromatic heterocycles. The first-order chi connectivity index (χ1) is 17.6. The smallest absolute Gasteiger partial charge is 0.135 e. The van der Waals surface area contributed by atoms with Gasteiger partial charge >= 0.3 is 0 Å². The third-order valence-corrected chi connectivity index (χ3v) is 8.28. The summed E-state index contributed by atoms with van der Waals surface area (Å²) in [6.07, 6.45) is 0. The normalized spacial score (nSPS) is 14.1. The summed E-state index contributed by atoms with van der Waals surface area (Å²) in [5.74, 6) is 0. The molecule has 1 nitrogen and oxygen atoms in total. The quantitative estimate of drug-likeness (QED) is 0.238. The molecule has 36 heavy (non-hydrogen) atoms. The summed E-state index contributed by atoms with van der Waals surface area (Å²) >= 11 is 0. The number of rotatable bonds is 1. The number of fused-ring (bicyclic) bond motifs is 3. The molecule has 1 heteroatoms. The molecule has 1 heterocycles. The van der Waals surface area contributed by atoms with Crippen LogP contribution in [-0.2, 0) is 5.41 Å². The van der Waals surface area contributed by atoms with Crippen LogP contribution in [0.15, 0.2) is 114 Å². The van der Waals surface area contributed by atoms with Gasteiger partial charge < -0.3 is 4.42 Å². The number of benzene rings is 6. The van der Waals surface area contributed by atoms with Crippen molar-refractivity contribution < 1.29 is 4.42 Å². The molecule has 0 N–H and O–H groups in total. The van der Waals surface area contributed by atoms with Crippen LogP contribution in [0.1, 0.15) is 25.0 Å². The van der Waals surface area contributed by atoms with Crippen LogP contribution in [0.5, 0.6) is 0 Å². The number of hydrogen-bond donors (Lipinski definition) is 0. The fraction of sp³-hybridized carbons (Fsp3) is 0.0857. The summed E-state index contributed by atoms with van der Waals surface area (Å²) in [7, 11) is 0. The molecule has 0 aliphatic heterocycles. The Morgan fingerprint density at radius 2 is 1.14 bits per heavy atom. The Kier molecular flexibility index (Phi) is 3.79. The lowest BCUT2D eigenvalue weighted by Crippen LogP contribution is -2.23. The number of hydrogen-bond acceptors (Lipinski definition) is 1. The van der Waals surface area contributed by atoms with Crippen LogP contribution in [0.4, 0.5) is 0 Å². The molecule has 0 bridgehead atoms. The SMILES string of the molecule is CC1(C)c2ccccc2-c2ccc3oc4ccc(-c5ccccc5)c5cccc(c6ccc1c2c36)c45. The van der Waals surface area contributed by atoms with Gasteiger partial charge in [0, 0.05) is 16.2 Å². The molecule has 0 spiro atoms. The minimum atomic E-state index is -0.0909. The predicted octanol–water partition coefficient (Wildman–Crippen LogP) is 9.87. The van der Waals surface area contributed by atoms with Gasteiger partial charge in [0.2, 0.25) is 0 Å². The zero-order valence-corrected chi connectivity index (χ0v) is 20.3. The minimum absolute atomic E-state index is 0.0909. The van der Waals surface area contributed by atoms with E-state index in [0.29, 0.717) is 0 Å². The maximum absolute atomic E-state index is 6.77. The zero-order chi connectivity index (χ0) is 24.0. The van der Waals surface area contributed by atoms with E-state index in [9.17, 15) is 0 Å². The second-order valence-electron chi connectivity index (χ2n) is 10.5. The summed E-state index contributed by atoms with van der Waals surface area (Å²) in [6.45, 7) is 4.69. The standard InChI is InChI=1S/C35H24O/c1-35(2)28-14-7-6-11-23(28)26-17-20-31-34-27(15-18-29(35)33(26)34)25-13-8-12-24-22(21-9-4-3-5-10-21)16-19-30(36-31)32(24)25/h3-20H,1-2H3. The topological polar surface area (TPSA) is 13.1 Å². The molecule has 170 valence electrons. The summed E-state index contributed by atoms with van der Waals surface area (Å²) in [6, 6.07) is 39.6. The monoisotopic (exact) mass is 460 g/mol. The first-order valence-electron chi connectivity index (χ1n) is 12.6. The van der Waals surface area contributed by atoms with Gasteiger partial charge in [-0.3, -0.25) is 0 Å². The first kappa shape index (κ1) is 19.9. The van der Waals surface area contributed by atoms with Gasteiger partial charge in [-0.1, -0.05) is 111 Å². The van der Waals surface area contributed by atoms with Crippen molar-refractivity contribution in [2.45, 2.75) is 19.3 Å². The van der Waals surface area contributed by atoms with Crippen LogP contribution in [0.3, 0.4) is 0 Å². The summed E-state index contributed by atoms with van der Waals surface area (Å²) in [5, 5.41) is 7.43. The van der Waals surface area contributed by atoms with Crippen LogP contribution in [0.25, 0.3) is 65.7 Å². The molecule has 0 unspecified atom stereocenters. The molecule has 1 aliphatic rings. The van der Waals surface area contributed by atoms with E-state index in [-0.39, 0.29) is 5.41 Å². The van der Waals surface area contributed by atoms with E-state index in [4.69, 9.17) is 4.42 Å². The van der Waals surface area contributed by atoms with E-state index in [1.165, 1.54) is 65.7 Å². The molecule has 0 radical (unpaired) electrons. The lowest BCUT2D eigenvalue weighted by molar-refractivity contribution is 0.644.